The van der Waals surface area contributed by atoms with Gasteiger partial charge in [-0.2, -0.15) is 0 Å². The smallest absolute Gasteiger partial charge is 0.0843 e. The summed E-state index contributed by atoms with van der Waals surface area (Å²) in [5, 5.41) is 10.6. The van der Waals surface area contributed by atoms with Crippen molar-refractivity contribution in [2.24, 2.45) is 0 Å². The Balaban J connectivity index is 3.39. The molecule has 0 unspecified atom stereocenters. The predicted octanol–water partition coefficient (Wildman–Crippen LogP) is 0.994. The average Bonchev–Trinajstić information content (AvgIpc) is 1.21. The fraction of sp³-hybridized carbons (Fsp3) is 1.00. The van der Waals surface area contributed by atoms with Gasteiger partial charge in [-0.05, 0) is 26.0 Å². The maximum absolute atomic E-state index is 10.2. The molecular formula is C5H12NO2. The summed E-state index contributed by atoms with van der Waals surface area (Å²) in [7, 11) is 1.32. The lowest BCUT2D eigenvalue weighted by Crippen LogP contribution is -2.27. The van der Waals surface area contributed by atoms with E-state index in [1.807, 2.05) is 20.8 Å². The van der Waals surface area contributed by atoms with Gasteiger partial charge < -0.3 is 0 Å². The lowest BCUT2D eigenvalue weighted by atomic mass is 10.2. The predicted molar refractivity (Wildman–Crippen MR) is 29.3 cm³/mol. The first-order valence-electron chi connectivity index (χ1n) is 2.52. The molecule has 0 amide bonds. The summed E-state index contributed by atoms with van der Waals surface area (Å²) in [5.74, 6) is 0. The minimum atomic E-state index is -0.365. The molecular weight excluding hydrogens is 106 g/mol. The number of hydrogen-bond acceptors (Lipinski definition) is 2. The maximum atomic E-state index is 10.2. The monoisotopic (exact) mass is 118 g/mol. The third kappa shape index (κ3) is 5.88. The van der Waals surface area contributed by atoms with Gasteiger partial charge in [0.1, 0.15) is 0 Å². The Kier molecular flexibility index (Phi) is 2.40. The second-order valence-electron chi connectivity index (χ2n) is 2.64. The standard InChI is InChI=1S/C5H12NO2/c1-5(2,3)8-6(4)7/h1-4H3. The molecule has 0 saturated heterocycles. The molecule has 1 radical (unpaired) electrons. The lowest BCUT2D eigenvalue weighted by Gasteiger charge is -2.19. The Morgan fingerprint density at radius 1 is 1.38 bits per heavy atom. The maximum Gasteiger partial charge on any atom is 0.0843 e. The van der Waals surface area contributed by atoms with Crippen molar-refractivity contribution in [3.8, 4) is 0 Å². The SMILES string of the molecule is CN([O])OC(C)(C)C. The van der Waals surface area contributed by atoms with Crippen LogP contribution in [0.2, 0.25) is 0 Å². The van der Waals surface area contributed by atoms with Gasteiger partial charge in [0.15, 0.2) is 0 Å². The Morgan fingerprint density at radius 3 is 1.75 bits per heavy atom. The second kappa shape index (κ2) is 2.44. The average molecular weight is 118 g/mol. The molecule has 3 heteroatoms. The van der Waals surface area contributed by atoms with Crippen LogP contribution in [-0.4, -0.2) is 17.9 Å². The van der Waals surface area contributed by atoms with Crippen LogP contribution in [0, 0.1) is 0 Å². The van der Waals surface area contributed by atoms with Crippen LogP contribution < -0.4 is 0 Å². The van der Waals surface area contributed by atoms with E-state index in [-0.39, 0.29) is 5.60 Å². The highest BCUT2D eigenvalue weighted by Crippen LogP contribution is 2.06. The van der Waals surface area contributed by atoms with E-state index >= 15 is 0 Å². The zero-order valence-electron chi connectivity index (χ0n) is 5.76. The van der Waals surface area contributed by atoms with Gasteiger partial charge >= 0.3 is 0 Å². The van der Waals surface area contributed by atoms with Gasteiger partial charge in [-0.15, -0.1) is 0 Å². The number of hydroxylamine groups is 2. The Morgan fingerprint density at radius 2 is 1.75 bits per heavy atom. The first-order valence-corrected chi connectivity index (χ1v) is 2.52. The fourth-order valence-corrected chi connectivity index (χ4v) is 0.386. The van der Waals surface area contributed by atoms with Crippen LogP contribution >= 0.6 is 0 Å². The molecule has 0 N–H and O–H groups in total. The fourth-order valence-electron chi connectivity index (χ4n) is 0.386. The van der Waals surface area contributed by atoms with Crippen molar-refractivity contribution >= 4 is 0 Å². The van der Waals surface area contributed by atoms with Gasteiger partial charge in [-0.1, -0.05) is 5.21 Å². The Labute approximate surface area is 49.8 Å². The number of hydrogen-bond donors (Lipinski definition) is 0. The van der Waals surface area contributed by atoms with Crippen LogP contribution in [-0.2, 0) is 10.0 Å². The van der Waals surface area contributed by atoms with Crippen LogP contribution in [0.5, 0.6) is 0 Å². The summed E-state index contributed by atoms with van der Waals surface area (Å²) in [6, 6.07) is 0. The minimum Gasteiger partial charge on any atom is -0.266 e. The van der Waals surface area contributed by atoms with Gasteiger partial charge in [-0.25, -0.2) is 0 Å². The second-order valence-corrected chi connectivity index (χ2v) is 2.64. The van der Waals surface area contributed by atoms with Crippen molar-refractivity contribution in [2.75, 3.05) is 7.05 Å². The number of rotatable bonds is 1. The highest BCUT2D eigenvalue weighted by atomic mass is 16.9. The summed E-state index contributed by atoms with van der Waals surface area (Å²) in [6.45, 7) is 5.46. The molecule has 0 atom stereocenters. The van der Waals surface area contributed by atoms with Crippen LogP contribution in [0.25, 0.3) is 0 Å². The minimum absolute atomic E-state index is 0.365. The van der Waals surface area contributed by atoms with Crippen molar-refractivity contribution in [1.82, 2.24) is 5.23 Å². The van der Waals surface area contributed by atoms with E-state index in [0.29, 0.717) is 5.23 Å². The molecule has 0 spiro atoms. The van der Waals surface area contributed by atoms with Gasteiger partial charge in [0, 0.05) is 7.05 Å². The van der Waals surface area contributed by atoms with Crippen molar-refractivity contribution in [2.45, 2.75) is 26.4 Å². The van der Waals surface area contributed by atoms with Crippen molar-refractivity contribution in [1.29, 1.82) is 0 Å². The third-order valence-electron chi connectivity index (χ3n) is 0.402. The quantitative estimate of drug-likeness (QED) is 0.481. The van der Waals surface area contributed by atoms with E-state index in [0.717, 1.165) is 0 Å². The van der Waals surface area contributed by atoms with Gasteiger partial charge in [-0.3, -0.25) is 4.84 Å². The zero-order chi connectivity index (χ0) is 6.78. The Bertz CT molecular complexity index is 65.3. The highest BCUT2D eigenvalue weighted by molar-refractivity contribution is 4.55. The Hall–Kier alpha value is -0.120. The first kappa shape index (κ1) is 7.88. The van der Waals surface area contributed by atoms with Gasteiger partial charge in [0.25, 0.3) is 0 Å². The molecule has 0 fully saturated rings. The van der Waals surface area contributed by atoms with Crippen molar-refractivity contribution in [3.05, 3.63) is 0 Å². The largest absolute Gasteiger partial charge is 0.266 e. The lowest BCUT2D eigenvalue weighted by molar-refractivity contribution is -0.396. The van der Waals surface area contributed by atoms with E-state index in [9.17, 15) is 5.21 Å². The van der Waals surface area contributed by atoms with Crippen LogP contribution in [0.4, 0.5) is 0 Å². The zero-order valence-corrected chi connectivity index (χ0v) is 5.76. The molecule has 0 rings (SSSR count). The molecule has 49 valence electrons. The molecule has 0 aliphatic heterocycles. The van der Waals surface area contributed by atoms with E-state index in [2.05, 4.69) is 0 Å². The molecule has 0 aliphatic rings. The van der Waals surface area contributed by atoms with Gasteiger partial charge in [0.05, 0.1) is 5.60 Å². The molecule has 0 aliphatic carbocycles. The summed E-state index contributed by atoms with van der Waals surface area (Å²) in [6.07, 6.45) is 0. The summed E-state index contributed by atoms with van der Waals surface area (Å²) < 4.78 is 0. The van der Waals surface area contributed by atoms with E-state index in [4.69, 9.17) is 4.84 Å². The highest BCUT2D eigenvalue weighted by Gasteiger charge is 2.12. The summed E-state index contributed by atoms with van der Waals surface area (Å²) in [5.41, 5.74) is -0.365. The third-order valence-corrected chi connectivity index (χ3v) is 0.402. The molecule has 3 nitrogen and oxygen atoms in total. The van der Waals surface area contributed by atoms with E-state index < -0.39 is 0 Å². The van der Waals surface area contributed by atoms with Crippen LogP contribution in [0.1, 0.15) is 20.8 Å². The molecule has 0 saturated carbocycles. The van der Waals surface area contributed by atoms with Crippen LogP contribution in [0.3, 0.4) is 0 Å². The van der Waals surface area contributed by atoms with Crippen molar-refractivity contribution < 1.29 is 10.0 Å². The van der Waals surface area contributed by atoms with Gasteiger partial charge in [0.2, 0.25) is 0 Å². The molecule has 8 heavy (non-hydrogen) atoms. The van der Waals surface area contributed by atoms with Crippen LogP contribution in [0.15, 0.2) is 0 Å². The number of nitrogens with zero attached hydrogens (tertiary/aromatic N) is 1. The molecule has 0 aromatic heterocycles. The first-order chi connectivity index (χ1) is 3.42. The van der Waals surface area contributed by atoms with Crippen molar-refractivity contribution in [3.63, 3.8) is 0 Å². The normalized spacial score (nSPS) is 12.8. The topological polar surface area (TPSA) is 32.4 Å². The summed E-state index contributed by atoms with van der Waals surface area (Å²) >= 11 is 0. The van der Waals surface area contributed by atoms with E-state index in [1.54, 1.807) is 0 Å². The molecule has 0 aromatic rings. The molecule has 0 bridgehead atoms. The van der Waals surface area contributed by atoms with E-state index in [1.165, 1.54) is 7.05 Å². The summed E-state index contributed by atoms with van der Waals surface area (Å²) in [4.78, 5) is 4.72. The molecule has 0 heterocycles. The molecule has 0 aromatic carbocycles.